The van der Waals surface area contributed by atoms with E-state index >= 15 is 0 Å². The van der Waals surface area contributed by atoms with E-state index < -0.39 is 0 Å². The zero-order valence-corrected chi connectivity index (χ0v) is 9.51. The Hall–Kier alpha value is -1.46. The number of hydrogen-bond acceptors (Lipinski definition) is 4. The topological polar surface area (TPSA) is 62.7 Å². The molecule has 0 fully saturated rings. The van der Waals surface area contributed by atoms with Crippen molar-refractivity contribution in [3.05, 3.63) is 29.6 Å². The predicted molar refractivity (Wildman–Crippen MR) is 59.0 cm³/mol. The van der Waals surface area contributed by atoms with E-state index in [1.165, 1.54) is 11.1 Å². The van der Waals surface area contributed by atoms with Crippen LogP contribution in [0.25, 0.3) is 0 Å². The van der Waals surface area contributed by atoms with Crippen molar-refractivity contribution in [3.63, 3.8) is 0 Å². The summed E-state index contributed by atoms with van der Waals surface area (Å²) in [5.74, 6) is -0.0866. The number of aromatic nitrogens is 1. The SMILES string of the molecule is CN(C)C(=O)c1cncc(COCCO)c1. The first-order chi connectivity index (χ1) is 7.65. The fourth-order valence-corrected chi connectivity index (χ4v) is 1.20. The molecule has 1 heterocycles. The summed E-state index contributed by atoms with van der Waals surface area (Å²) in [4.78, 5) is 17.1. The Morgan fingerprint density at radius 1 is 1.50 bits per heavy atom. The van der Waals surface area contributed by atoms with Gasteiger partial charge in [-0.05, 0) is 11.6 Å². The molecule has 88 valence electrons. The van der Waals surface area contributed by atoms with E-state index in [4.69, 9.17) is 9.84 Å². The Bertz CT molecular complexity index is 353. The molecule has 1 rings (SSSR count). The average Bonchev–Trinajstić information content (AvgIpc) is 2.29. The van der Waals surface area contributed by atoms with E-state index in [-0.39, 0.29) is 19.1 Å². The first-order valence-corrected chi connectivity index (χ1v) is 4.99. The maximum atomic E-state index is 11.6. The van der Waals surface area contributed by atoms with Gasteiger partial charge in [-0.3, -0.25) is 9.78 Å². The fourth-order valence-electron chi connectivity index (χ4n) is 1.20. The molecule has 0 radical (unpaired) electrons. The number of carbonyl (C=O) groups excluding carboxylic acids is 1. The Labute approximate surface area is 94.7 Å². The normalized spacial score (nSPS) is 10.2. The van der Waals surface area contributed by atoms with Crippen molar-refractivity contribution in [2.24, 2.45) is 0 Å². The molecule has 0 bridgehead atoms. The summed E-state index contributed by atoms with van der Waals surface area (Å²) in [6, 6.07) is 1.74. The Morgan fingerprint density at radius 2 is 2.25 bits per heavy atom. The molecule has 16 heavy (non-hydrogen) atoms. The molecule has 0 aliphatic rings. The van der Waals surface area contributed by atoms with Crippen molar-refractivity contribution in [1.82, 2.24) is 9.88 Å². The van der Waals surface area contributed by atoms with E-state index in [2.05, 4.69) is 4.98 Å². The summed E-state index contributed by atoms with van der Waals surface area (Å²) in [6.07, 6.45) is 3.17. The summed E-state index contributed by atoms with van der Waals surface area (Å²) >= 11 is 0. The zero-order chi connectivity index (χ0) is 12.0. The zero-order valence-electron chi connectivity index (χ0n) is 9.51. The minimum absolute atomic E-state index is 0.0102. The number of rotatable bonds is 5. The Kier molecular flexibility index (Phi) is 4.88. The lowest BCUT2D eigenvalue weighted by Crippen LogP contribution is -2.22. The van der Waals surface area contributed by atoms with Gasteiger partial charge < -0.3 is 14.7 Å². The van der Waals surface area contributed by atoms with Gasteiger partial charge in [0, 0.05) is 26.5 Å². The second-order valence-electron chi connectivity index (χ2n) is 3.56. The number of ether oxygens (including phenoxy) is 1. The minimum Gasteiger partial charge on any atom is -0.394 e. The van der Waals surface area contributed by atoms with Crippen LogP contribution in [0.1, 0.15) is 15.9 Å². The van der Waals surface area contributed by atoms with Gasteiger partial charge in [0.05, 0.1) is 25.4 Å². The van der Waals surface area contributed by atoms with Crippen molar-refractivity contribution < 1.29 is 14.6 Å². The third-order valence-electron chi connectivity index (χ3n) is 1.95. The van der Waals surface area contributed by atoms with Gasteiger partial charge in [-0.25, -0.2) is 0 Å². The predicted octanol–water partition coefficient (Wildman–Crippen LogP) is 0.292. The van der Waals surface area contributed by atoms with Crippen LogP contribution in [0, 0.1) is 0 Å². The smallest absolute Gasteiger partial charge is 0.254 e. The molecule has 0 unspecified atom stereocenters. The molecule has 1 N–H and O–H groups in total. The molecule has 0 aromatic carbocycles. The number of aliphatic hydroxyl groups is 1. The Morgan fingerprint density at radius 3 is 2.88 bits per heavy atom. The van der Waals surface area contributed by atoms with Crippen molar-refractivity contribution >= 4 is 5.91 Å². The van der Waals surface area contributed by atoms with E-state index in [0.29, 0.717) is 12.2 Å². The van der Waals surface area contributed by atoms with Gasteiger partial charge in [-0.15, -0.1) is 0 Å². The van der Waals surface area contributed by atoms with Crippen LogP contribution in [0.3, 0.4) is 0 Å². The molecule has 5 heteroatoms. The van der Waals surface area contributed by atoms with Gasteiger partial charge >= 0.3 is 0 Å². The standard InChI is InChI=1S/C11H16N2O3/c1-13(2)11(15)10-5-9(6-12-7-10)8-16-4-3-14/h5-7,14H,3-4,8H2,1-2H3. The third kappa shape index (κ3) is 3.60. The molecular formula is C11H16N2O3. The van der Waals surface area contributed by atoms with Crippen LogP contribution in [-0.2, 0) is 11.3 Å². The molecular weight excluding hydrogens is 208 g/mol. The molecule has 5 nitrogen and oxygen atoms in total. The quantitative estimate of drug-likeness (QED) is 0.730. The van der Waals surface area contributed by atoms with Gasteiger partial charge in [0.25, 0.3) is 5.91 Å². The highest BCUT2D eigenvalue weighted by molar-refractivity contribution is 5.93. The molecule has 0 aliphatic heterocycles. The van der Waals surface area contributed by atoms with Crippen LogP contribution in [0.15, 0.2) is 18.5 Å². The lowest BCUT2D eigenvalue weighted by Gasteiger charge is -2.10. The monoisotopic (exact) mass is 224 g/mol. The van der Waals surface area contributed by atoms with Gasteiger partial charge in [0.1, 0.15) is 0 Å². The molecule has 0 aliphatic carbocycles. The van der Waals surface area contributed by atoms with Crippen molar-refractivity contribution in [2.75, 3.05) is 27.3 Å². The van der Waals surface area contributed by atoms with Gasteiger partial charge in [0.15, 0.2) is 0 Å². The number of amides is 1. The van der Waals surface area contributed by atoms with Crippen molar-refractivity contribution in [2.45, 2.75) is 6.61 Å². The third-order valence-corrected chi connectivity index (χ3v) is 1.95. The number of aliphatic hydroxyl groups excluding tert-OH is 1. The van der Waals surface area contributed by atoms with E-state index in [1.54, 1.807) is 26.4 Å². The highest BCUT2D eigenvalue weighted by Gasteiger charge is 2.08. The van der Waals surface area contributed by atoms with E-state index in [9.17, 15) is 4.79 Å². The van der Waals surface area contributed by atoms with Crippen LogP contribution in [-0.4, -0.2) is 48.2 Å². The molecule has 0 spiro atoms. The molecule has 1 aromatic heterocycles. The summed E-state index contributed by atoms with van der Waals surface area (Å²) in [5.41, 5.74) is 1.36. The second-order valence-corrected chi connectivity index (χ2v) is 3.56. The van der Waals surface area contributed by atoms with E-state index in [1.807, 2.05) is 0 Å². The summed E-state index contributed by atoms with van der Waals surface area (Å²) in [5, 5.41) is 8.56. The first-order valence-electron chi connectivity index (χ1n) is 4.99. The van der Waals surface area contributed by atoms with Gasteiger partial charge in [0.2, 0.25) is 0 Å². The molecule has 0 atom stereocenters. The summed E-state index contributed by atoms with van der Waals surface area (Å²) in [6.45, 7) is 0.623. The van der Waals surface area contributed by atoms with Crippen LogP contribution in [0.5, 0.6) is 0 Å². The average molecular weight is 224 g/mol. The lowest BCUT2D eigenvalue weighted by molar-refractivity contribution is 0.0802. The van der Waals surface area contributed by atoms with Gasteiger partial charge in [-0.2, -0.15) is 0 Å². The number of nitrogens with zero attached hydrogens (tertiary/aromatic N) is 2. The van der Waals surface area contributed by atoms with Crippen LogP contribution in [0.4, 0.5) is 0 Å². The maximum absolute atomic E-state index is 11.6. The van der Waals surface area contributed by atoms with Gasteiger partial charge in [-0.1, -0.05) is 0 Å². The van der Waals surface area contributed by atoms with Crippen LogP contribution in [0.2, 0.25) is 0 Å². The fraction of sp³-hybridized carbons (Fsp3) is 0.455. The second kappa shape index (κ2) is 6.19. The van der Waals surface area contributed by atoms with Crippen molar-refractivity contribution in [3.8, 4) is 0 Å². The van der Waals surface area contributed by atoms with Crippen molar-refractivity contribution in [1.29, 1.82) is 0 Å². The van der Waals surface area contributed by atoms with Crippen LogP contribution >= 0.6 is 0 Å². The first kappa shape index (κ1) is 12.6. The number of carbonyl (C=O) groups is 1. The van der Waals surface area contributed by atoms with E-state index in [0.717, 1.165) is 5.56 Å². The summed E-state index contributed by atoms with van der Waals surface area (Å²) < 4.78 is 5.15. The maximum Gasteiger partial charge on any atom is 0.254 e. The molecule has 1 aromatic rings. The molecule has 0 saturated heterocycles. The minimum atomic E-state index is -0.0866. The Balaban J connectivity index is 2.67. The highest BCUT2D eigenvalue weighted by Crippen LogP contribution is 2.06. The number of hydrogen-bond donors (Lipinski definition) is 1. The van der Waals surface area contributed by atoms with Crippen LogP contribution < -0.4 is 0 Å². The lowest BCUT2D eigenvalue weighted by atomic mass is 10.2. The molecule has 0 saturated carbocycles. The highest BCUT2D eigenvalue weighted by atomic mass is 16.5. The largest absolute Gasteiger partial charge is 0.394 e. The molecule has 1 amide bonds. The number of pyridine rings is 1. The summed E-state index contributed by atoms with van der Waals surface area (Å²) in [7, 11) is 3.38.